The number of aliphatic hydroxyl groups is 8. The number of carbonyl (C=O) groups excluding carboxylic acids is 3. The molecule has 5 fully saturated rings. The second kappa shape index (κ2) is 28.6. The number of carbonyl (C=O) groups is 3. The van der Waals surface area contributed by atoms with E-state index >= 15 is 0 Å². The Kier molecular flexibility index (Phi) is 21.0. The number of halogens is 3. The summed E-state index contributed by atoms with van der Waals surface area (Å²) in [7, 11) is 0. The van der Waals surface area contributed by atoms with Crippen molar-refractivity contribution in [3.8, 4) is 22.5 Å². The molecule has 88 heavy (non-hydrogen) atoms. The fourth-order valence-electron chi connectivity index (χ4n) is 11.5. The molecular formula is C58H71F3N8O19. The molecule has 1 aliphatic carbocycles. The normalized spacial score (nSPS) is 32.9. The first kappa shape index (κ1) is 64.5. The van der Waals surface area contributed by atoms with E-state index in [2.05, 4.69) is 25.9 Å². The number of aliphatic hydroxyl groups excluding tert-OH is 8. The molecule has 6 heterocycles. The van der Waals surface area contributed by atoms with Crippen LogP contribution in [0, 0.1) is 23.4 Å². The minimum absolute atomic E-state index is 0.0685. The molecule has 1 saturated carbocycles. The lowest BCUT2D eigenvalue weighted by Gasteiger charge is -2.48. The Morgan fingerprint density at radius 3 is 2.00 bits per heavy atom. The number of hydrogen-bond donors (Lipinski definition) is 9. The van der Waals surface area contributed by atoms with Gasteiger partial charge in [0.2, 0.25) is 5.91 Å². The molecule has 27 nitrogen and oxygen atoms in total. The highest BCUT2D eigenvalue weighted by Gasteiger charge is 2.55. The molecule has 20 atom stereocenters. The van der Waals surface area contributed by atoms with Crippen LogP contribution in [0.1, 0.15) is 68.4 Å². The maximum atomic E-state index is 14.8. The Bertz CT molecular complexity index is 3110. The molecule has 2 aromatic heterocycles. The van der Waals surface area contributed by atoms with Crippen LogP contribution in [0.25, 0.3) is 22.5 Å². The van der Waals surface area contributed by atoms with E-state index < -0.39 is 165 Å². The number of amides is 2. The van der Waals surface area contributed by atoms with E-state index in [0.29, 0.717) is 42.9 Å². The summed E-state index contributed by atoms with van der Waals surface area (Å²) >= 11 is 0. The summed E-state index contributed by atoms with van der Waals surface area (Å²) in [5, 5.41) is 108. The van der Waals surface area contributed by atoms with E-state index in [4.69, 9.17) is 37.9 Å². The van der Waals surface area contributed by atoms with E-state index in [0.717, 1.165) is 17.3 Å². The second-order valence-corrected chi connectivity index (χ2v) is 22.3. The van der Waals surface area contributed by atoms with Gasteiger partial charge in [-0.2, -0.15) is 0 Å². The van der Waals surface area contributed by atoms with Crippen LogP contribution in [0.5, 0.6) is 0 Å². The van der Waals surface area contributed by atoms with Crippen molar-refractivity contribution in [3.63, 3.8) is 0 Å². The van der Waals surface area contributed by atoms with E-state index in [1.165, 1.54) is 23.7 Å². The number of rotatable bonds is 22. The number of aromatic nitrogens is 6. The second-order valence-electron chi connectivity index (χ2n) is 22.3. The molecule has 3 aromatic carbocycles. The zero-order chi connectivity index (χ0) is 62.5. The number of benzene rings is 3. The van der Waals surface area contributed by atoms with Gasteiger partial charge in [0.05, 0.1) is 56.0 Å². The lowest BCUT2D eigenvalue weighted by molar-refractivity contribution is -0.348. The van der Waals surface area contributed by atoms with Crippen LogP contribution in [0.15, 0.2) is 85.2 Å². The summed E-state index contributed by atoms with van der Waals surface area (Å²) in [5.74, 6) is -7.73. The molecule has 30 heteroatoms. The highest BCUT2D eigenvalue weighted by Crippen LogP contribution is 2.42. The molecule has 4 saturated heterocycles. The van der Waals surface area contributed by atoms with Crippen LogP contribution in [0.4, 0.5) is 13.2 Å². The molecule has 2 amide bonds. The van der Waals surface area contributed by atoms with Gasteiger partial charge in [-0.25, -0.2) is 27.3 Å². The molecule has 12 unspecified atom stereocenters. The molecule has 4 aliphatic heterocycles. The molecule has 10 rings (SSSR count). The quantitative estimate of drug-likeness (QED) is 0.0252. The van der Waals surface area contributed by atoms with Crippen molar-refractivity contribution in [1.29, 1.82) is 0 Å². The summed E-state index contributed by atoms with van der Waals surface area (Å²) < 4.78 is 94.6. The fraction of sp³-hybridized carbons (Fsp3) is 0.569. The minimum atomic E-state index is -1.87. The summed E-state index contributed by atoms with van der Waals surface area (Å²) in [4.78, 5) is 44.5. The van der Waals surface area contributed by atoms with Crippen LogP contribution in [0.3, 0.4) is 0 Å². The van der Waals surface area contributed by atoms with Crippen molar-refractivity contribution in [2.24, 2.45) is 5.92 Å². The van der Waals surface area contributed by atoms with Crippen LogP contribution < -0.4 is 5.32 Å². The molecular weight excluding hydrogens is 1170 g/mol. The molecule has 5 aromatic rings. The summed E-state index contributed by atoms with van der Waals surface area (Å²) in [6.45, 7) is 1.93. The third-order valence-corrected chi connectivity index (χ3v) is 16.5. The van der Waals surface area contributed by atoms with Gasteiger partial charge in [0.25, 0.3) is 5.91 Å². The van der Waals surface area contributed by atoms with Gasteiger partial charge in [0, 0.05) is 36.7 Å². The van der Waals surface area contributed by atoms with Gasteiger partial charge >= 0.3 is 5.97 Å². The third-order valence-electron chi connectivity index (χ3n) is 16.5. The van der Waals surface area contributed by atoms with E-state index in [-0.39, 0.29) is 55.1 Å². The molecule has 0 bridgehead atoms. The summed E-state index contributed by atoms with van der Waals surface area (Å²) in [5.41, 5.74) is 0.722. The van der Waals surface area contributed by atoms with E-state index in [1.54, 1.807) is 59.6 Å². The van der Waals surface area contributed by atoms with E-state index in [9.17, 15) is 68.4 Å². The number of esters is 1. The Balaban J connectivity index is 0.953. The van der Waals surface area contributed by atoms with Crippen molar-refractivity contribution in [3.05, 3.63) is 108 Å². The maximum Gasteiger partial charge on any atom is 0.338 e. The zero-order valence-electron chi connectivity index (χ0n) is 47.7. The minimum Gasteiger partial charge on any atom is -0.450 e. The summed E-state index contributed by atoms with van der Waals surface area (Å²) in [6, 6.07) is 15.6. The number of hydrogen-bond acceptors (Lipinski definition) is 23. The smallest absolute Gasteiger partial charge is 0.338 e. The first-order valence-corrected chi connectivity index (χ1v) is 29.1. The number of ether oxygens (including phenoxy) is 8. The lowest BCUT2D eigenvalue weighted by Crippen LogP contribution is -2.64. The van der Waals surface area contributed by atoms with Gasteiger partial charge < -0.3 is 89.0 Å². The van der Waals surface area contributed by atoms with Gasteiger partial charge in [0.15, 0.2) is 42.4 Å². The van der Waals surface area contributed by atoms with Gasteiger partial charge in [-0.1, -0.05) is 72.3 Å². The largest absolute Gasteiger partial charge is 0.450 e. The van der Waals surface area contributed by atoms with Gasteiger partial charge in [-0.3, -0.25) is 9.59 Å². The third kappa shape index (κ3) is 14.0. The summed E-state index contributed by atoms with van der Waals surface area (Å²) in [6.07, 6.45) is -23.1. The van der Waals surface area contributed by atoms with Gasteiger partial charge in [-0.05, 0) is 56.9 Å². The average Bonchev–Trinajstić information content (AvgIpc) is 3.14. The number of nitrogens with zero attached hydrogens (tertiary/aromatic N) is 7. The predicted octanol–water partition coefficient (Wildman–Crippen LogP) is 0.0729. The highest BCUT2D eigenvalue weighted by molar-refractivity contribution is 5.89. The monoisotopic (exact) mass is 1240 g/mol. The van der Waals surface area contributed by atoms with Crippen LogP contribution in [-0.4, -0.2) is 237 Å². The predicted molar refractivity (Wildman–Crippen MR) is 293 cm³/mol. The van der Waals surface area contributed by atoms with Crippen molar-refractivity contribution >= 4 is 17.8 Å². The van der Waals surface area contributed by atoms with Crippen molar-refractivity contribution in [2.45, 2.75) is 162 Å². The van der Waals surface area contributed by atoms with Crippen LogP contribution in [0.2, 0.25) is 0 Å². The van der Waals surface area contributed by atoms with Crippen molar-refractivity contribution in [2.75, 3.05) is 39.5 Å². The Labute approximate surface area is 501 Å². The van der Waals surface area contributed by atoms with Crippen LogP contribution >= 0.6 is 0 Å². The molecule has 478 valence electrons. The number of nitrogens with one attached hydrogen (secondary N) is 1. The Morgan fingerprint density at radius 2 is 1.34 bits per heavy atom. The molecule has 0 spiro atoms. The SMILES string of the molecule is CCC[C@H](OC1C(OC(=O)c2ccccc2)[C@H](O[C@@H]2CC(C(=O)NCCO[C@H]3OC(CO)[C@@H](O)C(n4cc(-c5cc(F)c(F)c(F)c5)nn4)C3O)CC(n3cc(-c4ccccc4)nn3)C2O[C@@H]2OC(C)[C@@H](O)C(O)C2O)OC(CO)[C@@H]1O)C(=O)N1CCC1. The van der Waals surface area contributed by atoms with Gasteiger partial charge in [-0.15, -0.1) is 10.2 Å². The van der Waals surface area contributed by atoms with E-state index in [1.807, 2.05) is 6.92 Å². The molecule has 0 radical (unpaired) electrons. The highest BCUT2D eigenvalue weighted by atomic mass is 19.2. The van der Waals surface area contributed by atoms with Crippen LogP contribution in [-0.2, 0) is 47.5 Å². The topological polar surface area (TPSA) is 364 Å². The Hall–Kier alpha value is -6.46. The average molecular weight is 1240 g/mol. The zero-order valence-corrected chi connectivity index (χ0v) is 47.7. The first-order valence-electron chi connectivity index (χ1n) is 29.1. The molecule has 9 N–H and O–H groups in total. The standard InChI is InChI=1S/C58H71F3N8O19/c1-3-11-38(54(79)67-17-10-18-67)83-51-46(74)41(27-71)86-58(52(51)87-55(80)30-14-8-5-9-15-30)84-39-23-32(22-37(68-24-35(63-65-68)29-12-6-4-7-13-29)50(39)88-57-49(77)48(76)44(72)28(2)82-57)53(78)62-16-19-81-56-47(75)43(45(73)40(26-70)85-56)69-25-36(64-66-69)31-20-33(59)42(61)34(60)21-31/h4-9,12-15,20-21,24-25,28,32,37-41,43-52,56-58,70-77H,3,10-11,16-19,22-23,26-27H2,1-2H3,(H,62,78)/t28?,32?,37?,38-,39+,40?,41?,43?,44+,45+,46-,47?,48?,49?,50?,51?,52?,56-,57-,58+/m0/s1. The van der Waals surface area contributed by atoms with Crippen molar-refractivity contribution in [1.82, 2.24) is 40.2 Å². The lowest BCUT2D eigenvalue weighted by atomic mass is 9.80. The fourth-order valence-corrected chi connectivity index (χ4v) is 11.5. The maximum absolute atomic E-state index is 14.8. The molecule has 5 aliphatic rings. The number of likely N-dealkylation sites (tertiary alicyclic amines) is 1. The Morgan fingerprint density at radius 1 is 0.705 bits per heavy atom. The van der Waals surface area contributed by atoms with Crippen molar-refractivity contribution < 1.29 is 106 Å². The first-order chi connectivity index (χ1) is 42.4. The van der Waals surface area contributed by atoms with Gasteiger partial charge in [0.1, 0.15) is 84.6 Å².